The predicted molar refractivity (Wildman–Crippen MR) is 189 cm³/mol. The van der Waals surface area contributed by atoms with Gasteiger partial charge in [0.05, 0.1) is 27.2 Å². The second kappa shape index (κ2) is 13.4. The summed E-state index contributed by atoms with van der Waals surface area (Å²) in [6, 6.07) is 26.8. The molecule has 7 nitrogen and oxygen atoms in total. The minimum Gasteiger partial charge on any atom is -0.370 e. The van der Waals surface area contributed by atoms with Crippen molar-refractivity contribution in [1.29, 1.82) is 0 Å². The quantitative estimate of drug-likeness (QED) is 0.213. The van der Waals surface area contributed by atoms with E-state index in [4.69, 9.17) is 23.2 Å². The Morgan fingerprint density at radius 3 is 2.32 bits per heavy atom. The molecule has 10 heteroatoms. The van der Waals surface area contributed by atoms with Gasteiger partial charge in [0.1, 0.15) is 11.9 Å². The monoisotopic (exact) mass is 686 g/mol. The maximum atomic E-state index is 14.4. The molecule has 1 N–H and O–H groups in total. The van der Waals surface area contributed by atoms with Gasteiger partial charge in [-0.25, -0.2) is 8.42 Å². The van der Waals surface area contributed by atoms with Crippen LogP contribution in [0.3, 0.4) is 0 Å². The first kappa shape index (κ1) is 31.9. The molecule has 1 saturated heterocycles. The van der Waals surface area contributed by atoms with Gasteiger partial charge in [-0.15, -0.1) is 0 Å². The average molecular weight is 688 g/mol. The van der Waals surface area contributed by atoms with Crippen molar-refractivity contribution in [3.8, 4) is 11.1 Å². The lowest BCUT2D eigenvalue weighted by Gasteiger charge is -2.39. The fourth-order valence-corrected chi connectivity index (χ4v) is 9.00. The van der Waals surface area contributed by atoms with E-state index in [0.717, 1.165) is 74.4 Å². The highest BCUT2D eigenvalue weighted by molar-refractivity contribution is 7.93. The lowest BCUT2D eigenvalue weighted by molar-refractivity contribution is -0.121. The molecule has 1 unspecified atom stereocenters. The molecule has 3 heterocycles. The summed E-state index contributed by atoms with van der Waals surface area (Å²) >= 11 is 12.4. The number of hydrogen-bond donors (Lipinski definition) is 1. The third-order valence-electron chi connectivity index (χ3n) is 9.41. The highest BCUT2D eigenvalue weighted by Crippen LogP contribution is 2.48. The van der Waals surface area contributed by atoms with Crippen LogP contribution in [0, 0.1) is 5.92 Å². The summed E-state index contributed by atoms with van der Waals surface area (Å²) in [6.45, 7) is 3.55. The molecule has 1 atom stereocenters. The van der Waals surface area contributed by atoms with E-state index in [2.05, 4.69) is 39.5 Å². The topological polar surface area (TPSA) is 82.1 Å². The molecule has 3 aliphatic heterocycles. The van der Waals surface area contributed by atoms with Crippen LogP contribution in [-0.2, 0) is 21.2 Å². The standard InChI is InChI=1S/C37H36Cl2N4O3S/c38-32-15-14-28(23-33(32)39)47(45,46)43-34-9-4-3-7-30(34)29-6-1-2-8-31(29)36(43)35(44)24-42-20-16-26(17-21-42)22-25-10-12-27(13-11-25)37-40-18-5-19-41-37/h1-4,6-15,23,26,36H,5,16-22,24H2,(H,40,41). The maximum Gasteiger partial charge on any atom is 0.265 e. The molecule has 1 fully saturated rings. The van der Waals surface area contributed by atoms with Crippen LogP contribution in [0.2, 0.25) is 10.0 Å². The zero-order valence-electron chi connectivity index (χ0n) is 25.9. The van der Waals surface area contributed by atoms with Gasteiger partial charge < -0.3 is 5.32 Å². The van der Waals surface area contributed by atoms with Crippen molar-refractivity contribution in [2.24, 2.45) is 10.9 Å². The summed E-state index contributed by atoms with van der Waals surface area (Å²) in [4.78, 5) is 21.1. The highest BCUT2D eigenvalue weighted by Gasteiger charge is 2.43. The Labute approximate surface area is 286 Å². The number of para-hydroxylation sites is 1. The summed E-state index contributed by atoms with van der Waals surface area (Å²) in [5.74, 6) is 1.34. The Hall–Kier alpha value is -3.69. The molecule has 4 aromatic carbocycles. The van der Waals surface area contributed by atoms with Crippen LogP contribution < -0.4 is 9.62 Å². The molecule has 4 aromatic rings. The van der Waals surface area contributed by atoms with E-state index in [9.17, 15) is 13.2 Å². The summed E-state index contributed by atoms with van der Waals surface area (Å²) in [5.41, 5.74) is 5.19. The largest absolute Gasteiger partial charge is 0.370 e. The zero-order valence-corrected chi connectivity index (χ0v) is 28.2. The van der Waals surface area contributed by atoms with Crippen molar-refractivity contribution in [3.05, 3.63) is 118 Å². The first-order valence-corrected chi connectivity index (χ1v) is 18.3. The van der Waals surface area contributed by atoms with Gasteiger partial charge in [0, 0.05) is 24.2 Å². The molecular weight excluding hydrogens is 651 g/mol. The number of carbonyl (C=O) groups is 1. The number of rotatable bonds is 8. The normalized spacial score (nSPS) is 18.6. The summed E-state index contributed by atoms with van der Waals surface area (Å²) in [7, 11) is -4.21. The van der Waals surface area contributed by atoms with Crippen LogP contribution in [0.15, 0.2) is 101 Å². The van der Waals surface area contributed by atoms with E-state index in [0.29, 0.717) is 17.2 Å². The molecule has 0 amide bonds. The van der Waals surface area contributed by atoms with Gasteiger partial charge in [0.2, 0.25) is 0 Å². The molecule has 3 aliphatic rings. The summed E-state index contributed by atoms with van der Waals surface area (Å²) in [6.07, 6.45) is 4.01. The van der Waals surface area contributed by atoms with Gasteiger partial charge in [-0.05, 0) is 85.6 Å². The Bertz CT molecular complexity index is 1940. The van der Waals surface area contributed by atoms with Gasteiger partial charge in [0.25, 0.3) is 10.0 Å². The number of ketones is 1. The summed E-state index contributed by atoms with van der Waals surface area (Å²) in [5, 5.41) is 3.78. The van der Waals surface area contributed by atoms with Crippen molar-refractivity contribution in [3.63, 3.8) is 0 Å². The smallest absolute Gasteiger partial charge is 0.265 e. The van der Waals surface area contributed by atoms with Crippen LogP contribution in [0.4, 0.5) is 5.69 Å². The summed E-state index contributed by atoms with van der Waals surface area (Å²) < 4.78 is 30.1. The molecule has 0 saturated carbocycles. The number of sulfonamides is 1. The lowest BCUT2D eigenvalue weighted by atomic mass is 9.87. The Morgan fingerprint density at radius 1 is 0.872 bits per heavy atom. The number of nitrogens with zero attached hydrogens (tertiary/aromatic N) is 3. The van der Waals surface area contributed by atoms with Gasteiger partial charge >= 0.3 is 0 Å². The van der Waals surface area contributed by atoms with Crippen LogP contribution in [0.1, 0.15) is 42.0 Å². The first-order valence-electron chi connectivity index (χ1n) is 16.1. The number of Topliss-reactive ketones (excluding diaryl/α,β-unsaturated/α-hetero) is 1. The van der Waals surface area contributed by atoms with Crippen molar-refractivity contribution in [2.75, 3.05) is 37.0 Å². The fraction of sp³-hybridized carbons (Fsp3) is 0.297. The minimum absolute atomic E-state index is 0.0178. The number of hydrogen-bond acceptors (Lipinski definition) is 6. The minimum atomic E-state index is -4.21. The Kier molecular flexibility index (Phi) is 9.11. The number of piperidine rings is 1. The molecule has 0 spiro atoms. The SMILES string of the molecule is O=C(CN1CCC(Cc2ccc(C3=NCCCN3)cc2)CC1)C1c2ccccc2-c2ccccc2N1S(=O)(=O)c1ccc(Cl)c(Cl)c1. The number of anilines is 1. The predicted octanol–water partition coefficient (Wildman–Crippen LogP) is 7.17. The van der Waals surface area contributed by atoms with E-state index in [1.165, 1.54) is 28.1 Å². The fourth-order valence-electron chi connectivity index (χ4n) is 6.98. The number of nitrogens with one attached hydrogen (secondary N) is 1. The molecule has 0 aromatic heterocycles. The van der Waals surface area contributed by atoms with Crippen LogP contribution in [-0.4, -0.2) is 57.7 Å². The van der Waals surface area contributed by atoms with E-state index in [-0.39, 0.29) is 27.3 Å². The molecule has 242 valence electrons. The number of aliphatic imine (C=N–C) groups is 1. The van der Waals surface area contributed by atoms with Crippen LogP contribution in [0.25, 0.3) is 11.1 Å². The Balaban J connectivity index is 1.10. The van der Waals surface area contributed by atoms with E-state index >= 15 is 0 Å². The number of likely N-dealkylation sites (tertiary alicyclic amines) is 1. The zero-order chi connectivity index (χ0) is 32.5. The molecule has 47 heavy (non-hydrogen) atoms. The first-order chi connectivity index (χ1) is 22.8. The van der Waals surface area contributed by atoms with Crippen molar-refractivity contribution in [1.82, 2.24) is 10.2 Å². The van der Waals surface area contributed by atoms with Gasteiger partial charge in [-0.2, -0.15) is 0 Å². The highest BCUT2D eigenvalue weighted by atomic mass is 35.5. The second-order valence-electron chi connectivity index (χ2n) is 12.5. The number of amidine groups is 1. The van der Waals surface area contributed by atoms with Gasteiger partial charge in [-0.1, -0.05) is 89.9 Å². The maximum absolute atomic E-state index is 14.4. The number of fused-ring (bicyclic) bond motifs is 3. The van der Waals surface area contributed by atoms with E-state index < -0.39 is 16.1 Å². The number of halogens is 2. The third kappa shape index (κ3) is 6.44. The lowest BCUT2D eigenvalue weighted by Crippen LogP contribution is -2.46. The van der Waals surface area contributed by atoms with E-state index in [1.54, 1.807) is 12.1 Å². The number of carbonyl (C=O) groups excluding carboxylic acids is 1. The van der Waals surface area contributed by atoms with Crippen molar-refractivity contribution >= 4 is 50.5 Å². The van der Waals surface area contributed by atoms with Crippen LogP contribution in [0.5, 0.6) is 0 Å². The van der Waals surface area contributed by atoms with Crippen molar-refractivity contribution < 1.29 is 13.2 Å². The van der Waals surface area contributed by atoms with Crippen molar-refractivity contribution in [2.45, 2.75) is 36.6 Å². The molecular formula is C37H36Cl2N4O3S. The number of benzene rings is 4. The molecule has 0 bridgehead atoms. The molecule has 0 aliphatic carbocycles. The third-order valence-corrected chi connectivity index (χ3v) is 11.9. The van der Waals surface area contributed by atoms with Crippen LogP contribution >= 0.6 is 23.2 Å². The van der Waals surface area contributed by atoms with E-state index in [1.807, 2.05) is 36.4 Å². The second-order valence-corrected chi connectivity index (χ2v) is 15.1. The molecule has 0 radical (unpaired) electrons. The van der Waals surface area contributed by atoms with Gasteiger partial charge in [0.15, 0.2) is 5.78 Å². The molecule has 7 rings (SSSR count). The Morgan fingerprint density at radius 2 is 1.60 bits per heavy atom. The average Bonchev–Trinajstić information content (AvgIpc) is 3.10. The van der Waals surface area contributed by atoms with Gasteiger partial charge in [-0.3, -0.25) is 19.0 Å².